The Morgan fingerprint density at radius 2 is 1.78 bits per heavy atom. The van der Waals surface area contributed by atoms with Crippen molar-refractivity contribution in [3.8, 4) is 0 Å². The Morgan fingerprint density at radius 1 is 1.11 bits per heavy atom. The lowest BCUT2D eigenvalue weighted by Crippen LogP contribution is -2.33. The number of hydrogen-bond donors (Lipinski definition) is 1. The van der Waals surface area contributed by atoms with Crippen molar-refractivity contribution in [2.75, 3.05) is 38.5 Å². The smallest absolute Gasteiger partial charge is 0.263 e. The van der Waals surface area contributed by atoms with Gasteiger partial charge in [-0.15, -0.1) is 0 Å². The molecule has 11 heteroatoms. The molecule has 0 atom stereocenters. The van der Waals surface area contributed by atoms with Gasteiger partial charge in [0.1, 0.15) is 4.90 Å². The maximum Gasteiger partial charge on any atom is 0.263 e. The number of likely N-dealkylation sites (tertiary alicyclic amines) is 1. The van der Waals surface area contributed by atoms with E-state index in [4.69, 9.17) is 46.4 Å². The van der Waals surface area contributed by atoms with Crippen LogP contribution in [-0.2, 0) is 21.2 Å². The summed E-state index contributed by atoms with van der Waals surface area (Å²) in [6, 6.07) is 5.83. The Kier molecular flexibility index (Phi) is 10.2. The molecule has 1 fully saturated rings. The summed E-state index contributed by atoms with van der Waals surface area (Å²) in [5, 5.41) is 0.941. The van der Waals surface area contributed by atoms with E-state index < -0.39 is 10.0 Å². The molecule has 198 valence electrons. The lowest BCUT2D eigenvalue weighted by molar-refractivity contribution is -0.130. The molecule has 6 nitrogen and oxygen atoms in total. The summed E-state index contributed by atoms with van der Waals surface area (Å²) < 4.78 is 28.9. The van der Waals surface area contributed by atoms with Gasteiger partial charge in [0.25, 0.3) is 10.0 Å². The van der Waals surface area contributed by atoms with E-state index in [1.165, 1.54) is 24.3 Å². The van der Waals surface area contributed by atoms with E-state index in [1.807, 2.05) is 0 Å². The zero-order chi connectivity index (χ0) is 26.6. The minimum Gasteiger partial charge on any atom is -0.346 e. The van der Waals surface area contributed by atoms with Gasteiger partial charge < -0.3 is 9.80 Å². The van der Waals surface area contributed by atoms with Crippen LogP contribution in [0.25, 0.3) is 0 Å². The Morgan fingerprint density at radius 3 is 2.44 bits per heavy atom. The monoisotopic (exact) mass is 593 g/mol. The van der Waals surface area contributed by atoms with E-state index in [0.717, 1.165) is 32.4 Å². The second-order valence-corrected chi connectivity index (χ2v) is 12.6. The quantitative estimate of drug-likeness (QED) is 0.358. The van der Waals surface area contributed by atoms with E-state index >= 15 is 0 Å². The summed E-state index contributed by atoms with van der Waals surface area (Å²) in [5.41, 5.74) is 1.15. The molecule has 0 bridgehead atoms. The Balaban J connectivity index is 1.70. The third-order valence-electron chi connectivity index (χ3n) is 6.70. The molecule has 1 aliphatic heterocycles. The third-order valence-corrected chi connectivity index (χ3v) is 9.68. The van der Waals surface area contributed by atoms with Crippen LogP contribution in [-0.4, -0.2) is 57.9 Å². The maximum atomic E-state index is 13.2. The molecule has 3 rings (SSSR count). The molecule has 0 aromatic heterocycles. The van der Waals surface area contributed by atoms with Crippen LogP contribution in [0.3, 0.4) is 0 Å². The standard InChI is InChI=1S/C25H31Cl4N3O3S/c1-16-20(27)5-6-23(25(16)29)36(34,35)30-22-15-18(26)14-21(28)19(22)4-7-24(33)32(3)13-10-17-8-11-31(2)12-9-17/h5-6,14-15,17,30H,4,7-13H2,1-3H3. The van der Waals surface area contributed by atoms with Crippen molar-refractivity contribution in [1.82, 2.24) is 9.80 Å². The molecule has 0 aliphatic carbocycles. The van der Waals surface area contributed by atoms with Crippen LogP contribution in [0.15, 0.2) is 29.2 Å². The van der Waals surface area contributed by atoms with Crippen LogP contribution < -0.4 is 4.72 Å². The highest BCUT2D eigenvalue weighted by Gasteiger charge is 2.24. The fourth-order valence-corrected chi connectivity index (χ4v) is 6.75. The molecule has 0 radical (unpaired) electrons. The Hall–Kier alpha value is -1.22. The van der Waals surface area contributed by atoms with Crippen molar-refractivity contribution in [3.05, 3.63) is 55.5 Å². The number of anilines is 1. The van der Waals surface area contributed by atoms with Gasteiger partial charge in [-0.25, -0.2) is 8.42 Å². The first kappa shape index (κ1) is 29.3. The number of sulfonamides is 1. The van der Waals surface area contributed by atoms with Crippen molar-refractivity contribution < 1.29 is 13.2 Å². The number of nitrogens with one attached hydrogen (secondary N) is 1. The maximum absolute atomic E-state index is 13.2. The van der Waals surface area contributed by atoms with E-state index in [0.29, 0.717) is 28.6 Å². The fraction of sp³-hybridized carbons (Fsp3) is 0.480. The average molecular weight is 595 g/mol. The first-order chi connectivity index (χ1) is 16.9. The molecule has 1 saturated heterocycles. The first-order valence-corrected chi connectivity index (χ1v) is 14.8. The summed E-state index contributed by atoms with van der Waals surface area (Å²) in [5.74, 6) is 0.602. The van der Waals surface area contributed by atoms with Gasteiger partial charge in [0.2, 0.25) is 5.91 Å². The zero-order valence-electron chi connectivity index (χ0n) is 20.6. The molecule has 1 heterocycles. The van der Waals surface area contributed by atoms with Crippen molar-refractivity contribution >= 4 is 68.0 Å². The number of nitrogens with zero attached hydrogens (tertiary/aromatic N) is 2. The van der Waals surface area contributed by atoms with Crippen LogP contribution in [0.4, 0.5) is 5.69 Å². The number of hydrogen-bond acceptors (Lipinski definition) is 4. The molecule has 36 heavy (non-hydrogen) atoms. The van der Waals surface area contributed by atoms with Crippen LogP contribution in [0, 0.1) is 12.8 Å². The second-order valence-electron chi connectivity index (χ2n) is 9.35. The van der Waals surface area contributed by atoms with Crippen molar-refractivity contribution in [3.63, 3.8) is 0 Å². The van der Waals surface area contributed by atoms with Crippen molar-refractivity contribution in [1.29, 1.82) is 0 Å². The number of benzene rings is 2. The molecule has 1 N–H and O–H groups in total. The number of halogens is 4. The molecule has 1 aliphatic rings. The third kappa shape index (κ3) is 7.42. The lowest BCUT2D eigenvalue weighted by atomic mass is 9.93. The van der Waals surface area contributed by atoms with Gasteiger partial charge in [-0.2, -0.15) is 0 Å². The van der Waals surface area contributed by atoms with Crippen LogP contribution >= 0.6 is 46.4 Å². The van der Waals surface area contributed by atoms with Gasteiger partial charge >= 0.3 is 0 Å². The normalized spacial score (nSPS) is 15.2. The number of amides is 1. The van der Waals surface area contributed by atoms with Gasteiger partial charge in [0.15, 0.2) is 0 Å². The Labute approximate surface area is 233 Å². The van der Waals surface area contributed by atoms with Gasteiger partial charge in [-0.3, -0.25) is 9.52 Å². The molecule has 0 spiro atoms. The predicted octanol–water partition coefficient (Wildman–Crippen LogP) is 6.53. The fourth-order valence-electron chi connectivity index (χ4n) is 4.27. The topological polar surface area (TPSA) is 69.7 Å². The van der Waals surface area contributed by atoms with Crippen molar-refractivity contribution in [2.45, 2.75) is 43.9 Å². The highest BCUT2D eigenvalue weighted by atomic mass is 35.5. The minimum absolute atomic E-state index is 0.0286. The summed E-state index contributed by atoms with van der Waals surface area (Å²) in [7, 11) is -0.143. The van der Waals surface area contributed by atoms with Gasteiger partial charge in [0.05, 0.1) is 10.7 Å². The summed E-state index contributed by atoms with van der Waals surface area (Å²) in [4.78, 5) is 16.8. The van der Waals surface area contributed by atoms with Crippen molar-refractivity contribution in [2.24, 2.45) is 5.92 Å². The van der Waals surface area contributed by atoms with Crippen LogP contribution in [0.5, 0.6) is 0 Å². The van der Waals surface area contributed by atoms with E-state index in [2.05, 4.69) is 16.7 Å². The largest absolute Gasteiger partial charge is 0.346 e. The zero-order valence-corrected chi connectivity index (χ0v) is 24.4. The number of carbonyl (C=O) groups excluding carboxylic acids is 1. The van der Waals surface area contributed by atoms with Gasteiger partial charge in [-0.05, 0) is 94.1 Å². The van der Waals surface area contributed by atoms with Crippen LogP contribution in [0.2, 0.25) is 20.1 Å². The lowest BCUT2D eigenvalue weighted by Gasteiger charge is -2.30. The van der Waals surface area contributed by atoms with E-state index in [1.54, 1.807) is 18.9 Å². The SMILES string of the molecule is Cc1c(Cl)ccc(S(=O)(=O)Nc2cc(Cl)cc(Cl)c2CCC(=O)N(C)CCC2CCN(C)CC2)c1Cl. The predicted molar refractivity (Wildman–Crippen MR) is 149 cm³/mol. The highest BCUT2D eigenvalue weighted by Crippen LogP contribution is 2.35. The summed E-state index contributed by atoms with van der Waals surface area (Å²) in [6.07, 6.45) is 3.71. The highest BCUT2D eigenvalue weighted by molar-refractivity contribution is 7.92. The molecule has 1 amide bonds. The second kappa shape index (κ2) is 12.5. The van der Waals surface area contributed by atoms with E-state index in [-0.39, 0.29) is 44.4 Å². The molecule has 0 unspecified atom stereocenters. The first-order valence-electron chi connectivity index (χ1n) is 11.8. The van der Waals surface area contributed by atoms with Gasteiger partial charge in [-0.1, -0.05) is 46.4 Å². The molecular weight excluding hydrogens is 564 g/mol. The number of piperidine rings is 1. The summed E-state index contributed by atoms with van der Waals surface area (Å²) in [6.45, 7) is 4.52. The molecule has 0 saturated carbocycles. The molecule has 2 aromatic carbocycles. The minimum atomic E-state index is -4.08. The number of rotatable bonds is 9. The van der Waals surface area contributed by atoms with Crippen LogP contribution in [0.1, 0.15) is 36.8 Å². The molecule has 2 aromatic rings. The average Bonchev–Trinajstić information content (AvgIpc) is 2.80. The van der Waals surface area contributed by atoms with Gasteiger partial charge in [0, 0.05) is 35.1 Å². The summed E-state index contributed by atoms with van der Waals surface area (Å²) >= 11 is 24.9. The Bertz CT molecular complexity index is 1220. The molecular formula is C25H31Cl4N3O3S. The van der Waals surface area contributed by atoms with E-state index in [9.17, 15) is 13.2 Å². The number of carbonyl (C=O) groups is 1.